The number of nitrogens with zero attached hydrogens (tertiary/aromatic N) is 2. The van der Waals surface area contributed by atoms with E-state index in [2.05, 4.69) is 6.92 Å². The smallest absolute Gasteiger partial charge is 0.323 e. The third-order valence-corrected chi connectivity index (χ3v) is 6.08. The first-order valence-corrected chi connectivity index (χ1v) is 9.68. The fourth-order valence-corrected chi connectivity index (χ4v) is 4.52. The molecule has 1 aliphatic carbocycles. The van der Waals surface area contributed by atoms with E-state index in [4.69, 9.17) is 5.11 Å². The third kappa shape index (κ3) is 4.73. The van der Waals surface area contributed by atoms with Crippen molar-refractivity contribution in [3.05, 3.63) is 0 Å². The Morgan fingerprint density at radius 2 is 1.76 bits per heavy atom. The summed E-state index contributed by atoms with van der Waals surface area (Å²) in [5, 5.41) is 9.05. The molecule has 0 radical (unpaired) electrons. The van der Waals surface area contributed by atoms with Crippen LogP contribution in [0.3, 0.4) is 0 Å². The van der Waals surface area contributed by atoms with Crippen molar-refractivity contribution < 1.29 is 19.5 Å². The summed E-state index contributed by atoms with van der Waals surface area (Å²) in [5.41, 5.74) is -0.195. The summed E-state index contributed by atoms with van der Waals surface area (Å²) in [4.78, 5) is 39.5. The maximum Gasteiger partial charge on any atom is 0.323 e. The van der Waals surface area contributed by atoms with Crippen LogP contribution < -0.4 is 0 Å². The van der Waals surface area contributed by atoms with Crippen molar-refractivity contribution >= 4 is 17.8 Å². The monoisotopic (exact) mass is 352 g/mol. The van der Waals surface area contributed by atoms with Crippen LogP contribution in [0.25, 0.3) is 0 Å². The van der Waals surface area contributed by atoms with Gasteiger partial charge in [-0.25, -0.2) is 0 Å². The Morgan fingerprint density at radius 3 is 2.32 bits per heavy atom. The highest BCUT2D eigenvalue weighted by Gasteiger charge is 2.41. The lowest BCUT2D eigenvalue weighted by atomic mass is 9.71. The van der Waals surface area contributed by atoms with Crippen molar-refractivity contribution in [1.29, 1.82) is 0 Å². The second-order valence-corrected chi connectivity index (χ2v) is 7.61. The molecule has 2 fully saturated rings. The van der Waals surface area contributed by atoms with E-state index in [1.165, 1.54) is 18.2 Å². The quantitative estimate of drug-likeness (QED) is 0.825. The molecule has 0 aromatic rings. The number of amides is 2. The molecule has 2 rings (SSSR count). The van der Waals surface area contributed by atoms with Gasteiger partial charge in [-0.1, -0.05) is 26.2 Å². The van der Waals surface area contributed by atoms with Gasteiger partial charge in [0, 0.05) is 31.5 Å². The highest BCUT2D eigenvalue weighted by atomic mass is 16.4. The highest BCUT2D eigenvalue weighted by molar-refractivity contribution is 5.83. The SMILES string of the molecule is CCC1(C(=O)N2CCCC(N(CC(=O)O)C(C)=O)CC2)CCCCC1. The summed E-state index contributed by atoms with van der Waals surface area (Å²) < 4.78 is 0. The van der Waals surface area contributed by atoms with E-state index in [1.807, 2.05) is 4.90 Å². The Labute approximate surface area is 150 Å². The largest absolute Gasteiger partial charge is 0.480 e. The fraction of sp³-hybridized carbons (Fsp3) is 0.842. The molecule has 1 unspecified atom stereocenters. The van der Waals surface area contributed by atoms with Gasteiger partial charge in [0.1, 0.15) is 6.54 Å². The molecule has 2 aliphatic rings. The van der Waals surface area contributed by atoms with Crippen molar-refractivity contribution in [2.75, 3.05) is 19.6 Å². The Bertz CT molecular complexity index is 500. The number of carboxylic acids is 1. The number of hydrogen-bond donors (Lipinski definition) is 1. The van der Waals surface area contributed by atoms with Gasteiger partial charge >= 0.3 is 5.97 Å². The van der Waals surface area contributed by atoms with E-state index < -0.39 is 5.97 Å². The van der Waals surface area contributed by atoms with Crippen LogP contribution in [0, 0.1) is 5.41 Å². The van der Waals surface area contributed by atoms with Gasteiger partial charge in [-0.15, -0.1) is 0 Å². The molecule has 1 atom stereocenters. The molecule has 25 heavy (non-hydrogen) atoms. The van der Waals surface area contributed by atoms with Crippen LogP contribution in [-0.4, -0.2) is 58.4 Å². The number of carbonyl (C=O) groups is 3. The van der Waals surface area contributed by atoms with Gasteiger partial charge in [0.25, 0.3) is 0 Å². The number of carbonyl (C=O) groups excluding carboxylic acids is 2. The van der Waals surface area contributed by atoms with Crippen LogP contribution in [0.1, 0.15) is 71.6 Å². The predicted octanol–water partition coefficient (Wildman–Crippen LogP) is 2.66. The van der Waals surface area contributed by atoms with E-state index in [0.29, 0.717) is 13.0 Å². The topological polar surface area (TPSA) is 77.9 Å². The van der Waals surface area contributed by atoms with Crippen LogP contribution in [0.15, 0.2) is 0 Å². The molecule has 1 saturated heterocycles. The average Bonchev–Trinajstić information content (AvgIpc) is 2.85. The van der Waals surface area contributed by atoms with Crippen molar-refractivity contribution in [3.8, 4) is 0 Å². The van der Waals surface area contributed by atoms with Crippen LogP contribution in [0.4, 0.5) is 0 Å². The van der Waals surface area contributed by atoms with Crippen molar-refractivity contribution in [2.24, 2.45) is 5.41 Å². The highest BCUT2D eigenvalue weighted by Crippen LogP contribution is 2.41. The zero-order valence-electron chi connectivity index (χ0n) is 15.6. The predicted molar refractivity (Wildman–Crippen MR) is 95.1 cm³/mol. The molecule has 142 valence electrons. The molecule has 0 aromatic carbocycles. The molecule has 1 heterocycles. The Hall–Kier alpha value is -1.59. The minimum absolute atomic E-state index is 0.0877. The van der Waals surface area contributed by atoms with Gasteiger partial charge in [-0.05, 0) is 38.5 Å². The minimum atomic E-state index is -0.987. The Morgan fingerprint density at radius 1 is 1.08 bits per heavy atom. The van der Waals surface area contributed by atoms with E-state index in [9.17, 15) is 14.4 Å². The Balaban J connectivity index is 2.03. The molecule has 6 nitrogen and oxygen atoms in total. The lowest BCUT2D eigenvalue weighted by molar-refractivity contribution is -0.146. The van der Waals surface area contributed by atoms with Crippen molar-refractivity contribution in [1.82, 2.24) is 9.80 Å². The summed E-state index contributed by atoms with van der Waals surface area (Å²) in [7, 11) is 0. The molecular weight excluding hydrogens is 320 g/mol. The zero-order chi connectivity index (χ0) is 18.4. The number of carboxylic acid groups (broad SMARTS) is 1. The lowest BCUT2D eigenvalue weighted by Gasteiger charge is -2.39. The van der Waals surface area contributed by atoms with Crippen LogP contribution in [0.2, 0.25) is 0 Å². The maximum absolute atomic E-state index is 13.2. The van der Waals surface area contributed by atoms with E-state index in [-0.39, 0.29) is 29.8 Å². The maximum atomic E-state index is 13.2. The number of rotatable bonds is 5. The Kier molecular flexibility index (Phi) is 6.85. The van der Waals surface area contributed by atoms with Gasteiger partial charge < -0.3 is 14.9 Å². The van der Waals surface area contributed by atoms with E-state index >= 15 is 0 Å². The standard InChI is InChI=1S/C19H32N2O4/c1-3-19(10-5-4-6-11-19)18(25)20-12-7-8-16(9-13-20)21(15(2)22)14-17(23)24/h16H,3-14H2,1-2H3,(H,23,24). The van der Waals surface area contributed by atoms with E-state index in [1.54, 1.807) is 0 Å². The molecular formula is C19H32N2O4. The van der Waals surface area contributed by atoms with Gasteiger partial charge in [0.05, 0.1) is 0 Å². The van der Waals surface area contributed by atoms with Crippen molar-refractivity contribution in [2.45, 2.75) is 77.7 Å². The second-order valence-electron chi connectivity index (χ2n) is 7.61. The van der Waals surface area contributed by atoms with Crippen LogP contribution in [-0.2, 0) is 14.4 Å². The fourth-order valence-electron chi connectivity index (χ4n) is 4.52. The molecule has 0 spiro atoms. The van der Waals surface area contributed by atoms with E-state index in [0.717, 1.165) is 51.5 Å². The molecule has 0 aromatic heterocycles. The normalized spacial score (nSPS) is 23.6. The summed E-state index contributed by atoms with van der Waals surface area (Å²) in [6, 6.07) is -0.0877. The first-order chi connectivity index (χ1) is 11.9. The molecule has 1 aliphatic heterocycles. The van der Waals surface area contributed by atoms with Crippen LogP contribution in [0.5, 0.6) is 0 Å². The summed E-state index contributed by atoms with van der Waals surface area (Å²) in [6.45, 7) is 4.62. The first kappa shape index (κ1) is 19.7. The second kappa shape index (κ2) is 8.68. The molecule has 1 saturated carbocycles. The zero-order valence-corrected chi connectivity index (χ0v) is 15.6. The number of likely N-dealkylation sites (tertiary alicyclic amines) is 1. The molecule has 0 bridgehead atoms. The number of hydrogen-bond acceptors (Lipinski definition) is 3. The summed E-state index contributed by atoms with van der Waals surface area (Å²) in [6.07, 6.45) is 8.60. The van der Waals surface area contributed by atoms with Gasteiger partial charge in [-0.3, -0.25) is 14.4 Å². The summed E-state index contributed by atoms with van der Waals surface area (Å²) in [5.74, 6) is -0.910. The first-order valence-electron chi connectivity index (χ1n) is 9.68. The molecule has 2 amide bonds. The minimum Gasteiger partial charge on any atom is -0.480 e. The average molecular weight is 352 g/mol. The summed E-state index contributed by atoms with van der Waals surface area (Å²) >= 11 is 0. The van der Waals surface area contributed by atoms with Gasteiger partial charge in [0.2, 0.25) is 11.8 Å². The van der Waals surface area contributed by atoms with Gasteiger partial charge in [-0.2, -0.15) is 0 Å². The molecule has 6 heteroatoms. The molecule has 1 N–H and O–H groups in total. The lowest BCUT2D eigenvalue weighted by Crippen LogP contribution is -2.46. The third-order valence-electron chi connectivity index (χ3n) is 6.08. The number of aliphatic carboxylic acids is 1. The van der Waals surface area contributed by atoms with Crippen LogP contribution >= 0.6 is 0 Å². The van der Waals surface area contributed by atoms with Crippen molar-refractivity contribution in [3.63, 3.8) is 0 Å². The van der Waals surface area contributed by atoms with Gasteiger partial charge in [0.15, 0.2) is 0 Å².